The van der Waals surface area contributed by atoms with Crippen molar-refractivity contribution in [3.05, 3.63) is 38.5 Å². The molecule has 0 spiro atoms. The van der Waals surface area contributed by atoms with Crippen LogP contribution in [0.4, 0.5) is 0 Å². The van der Waals surface area contributed by atoms with Gasteiger partial charge in [0.15, 0.2) is 0 Å². The lowest BCUT2D eigenvalue weighted by atomic mass is 10.2. The lowest BCUT2D eigenvalue weighted by Gasteiger charge is -2.10. The van der Waals surface area contributed by atoms with Crippen LogP contribution in [0.2, 0.25) is 0 Å². The van der Waals surface area contributed by atoms with Gasteiger partial charge in [-0.05, 0) is 44.8 Å². The quantitative estimate of drug-likeness (QED) is 0.814. The summed E-state index contributed by atoms with van der Waals surface area (Å²) < 4.78 is 12.1. The number of rotatable bonds is 4. The van der Waals surface area contributed by atoms with Crippen LogP contribution in [0.1, 0.15) is 16.1 Å². The zero-order chi connectivity index (χ0) is 15.6. The van der Waals surface area contributed by atoms with Crippen molar-refractivity contribution in [2.75, 3.05) is 7.11 Å². The number of aryl methyl sites for hydroxylation is 1. The number of aromatic nitrogens is 2. The van der Waals surface area contributed by atoms with Gasteiger partial charge in [0.05, 0.1) is 27.3 Å². The Morgan fingerprint density at radius 2 is 1.86 bits per heavy atom. The molecule has 0 aliphatic rings. The summed E-state index contributed by atoms with van der Waals surface area (Å²) in [6, 6.07) is 3.50. The van der Waals surface area contributed by atoms with Crippen molar-refractivity contribution in [3.63, 3.8) is 0 Å². The Morgan fingerprint density at radius 3 is 2.43 bits per heavy atom. The fourth-order valence-corrected chi connectivity index (χ4v) is 2.44. The number of ether oxygens (including phenoxy) is 2. The number of hydrogen-bond donors (Lipinski definition) is 1. The highest BCUT2D eigenvalue weighted by Crippen LogP contribution is 2.37. The molecule has 2 rings (SSSR count). The molecule has 0 bridgehead atoms. The highest BCUT2D eigenvalue weighted by molar-refractivity contribution is 9.11. The molecular weight excluding hydrogens is 408 g/mol. The largest absolute Gasteiger partial charge is 0.496 e. The van der Waals surface area contributed by atoms with E-state index < -0.39 is 5.97 Å². The van der Waals surface area contributed by atoms with Crippen LogP contribution in [-0.4, -0.2) is 28.2 Å². The van der Waals surface area contributed by atoms with Crippen LogP contribution in [0.15, 0.2) is 27.3 Å². The molecule has 0 fully saturated rings. The van der Waals surface area contributed by atoms with Crippen molar-refractivity contribution in [1.82, 2.24) is 9.97 Å². The lowest BCUT2D eigenvalue weighted by Crippen LogP contribution is -2.04. The van der Waals surface area contributed by atoms with E-state index in [1.807, 2.05) is 0 Å². The number of carboxylic acid groups (broad SMARTS) is 1. The fourth-order valence-electron chi connectivity index (χ4n) is 1.55. The minimum atomic E-state index is -1.08. The van der Waals surface area contributed by atoms with E-state index >= 15 is 0 Å². The predicted octanol–water partition coefficient (Wildman–Crippen LogP) is 3.81. The second kappa shape index (κ2) is 6.40. The third-order valence-corrected chi connectivity index (χ3v) is 3.83. The number of nitrogens with zero attached hydrogens (tertiary/aromatic N) is 2. The van der Waals surface area contributed by atoms with Crippen LogP contribution in [0.5, 0.6) is 17.5 Å². The van der Waals surface area contributed by atoms with Crippen molar-refractivity contribution in [2.24, 2.45) is 0 Å². The van der Waals surface area contributed by atoms with Gasteiger partial charge >= 0.3 is 12.0 Å². The van der Waals surface area contributed by atoms with Gasteiger partial charge in [-0.3, -0.25) is 0 Å². The van der Waals surface area contributed by atoms with Gasteiger partial charge in [0.25, 0.3) is 0 Å². The van der Waals surface area contributed by atoms with E-state index in [4.69, 9.17) is 14.6 Å². The molecule has 0 saturated heterocycles. The van der Waals surface area contributed by atoms with Gasteiger partial charge in [0, 0.05) is 12.3 Å². The average Bonchev–Trinajstić information content (AvgIpc) is 2.42. The molecule has 0 aliphatic carbocycles. The Balaban J connectivity index is 2.32. The monoisotopic (exact) mass is 416 g/mol. The third-order valence-electron chi connectivity index (χ3n) is 2.60. The Labute approximate surface area is 137 Å². The Morgan fingerprint density at radius 1 is 1.24 bits per heavy atom. The van der Waals surface area contributed by atoms with E-state index in [0.717, 1.165) is 0 Å². The minimum Gasteiger partial charge on any atom is -0.496 e. The van der Waals surface area contributed by atoms with Crippen LogP contribution in [0.3, 0.4) is 0 Å². The zero-order valence-electron chi connectivity index (χ0n) is 11.1. The first-order chi connectivity index (χ1) is 9.92. The van der Waals surface area contributed by atoms with Gasteiger partial charge in [-0.25, -0.2) is 9.78 Å². The lowest BCUT2D eigenvalue weighted by molar-refractivity contribution is 0.0695. The molecule has 0 saturated carbocycles. The van der Waals surface area contributed by atoms with Gasteiger partial charge in [-0.15, -0.1) is 0 Å². The molecule has 2 aromatic rings. The summed E-state index contributed by atoms with van der Waals surface area (Å²) in [6.45, 7) is 1.58. The summed E-state index contributed by atoms with van der Waals surface area (Å²) in [5.74, 6) is 0.0464. The van der Waals surface area contributed by atoms with E-state index in [9.17, 15) is 4.79 Å². The standard InChI is InChI=1S/C13H10Br2N2O4/c1-6-7(12(18)19)5-16-13(17-6)21-11-4-8(14)10(20-2)3-9(11)15/h3-5H,1-2H3,(H,18,19). The Kier molecular flexibility index (Phi) is 4.79. The molecular formula is C13H10Br2N2O4. The second-order valence-corrected chi connectivity index (χ2v) is 5.68. The van der Waals surface area contributed by atoms with Crippen LogP contribution in [0, 0.1) is 6.92 Å². The first kappa shape index (κ1) is 15.7. The van der Waals surface area contributed by atoms with E-state index in [1.165, 1.54) is 6.20 Å². The molecule has 1 N–H and O–H groups in total. The number of hydrogen-bond acceptors (Lipinski definition) is 5. The van der Waals surface area contributed by atoms with Crippen molar-refractivity contribution >= 4 is 37.8 Å². The maximum Gasteiger partial charge on any atom is 0.339 e. The number of benzene rings is 1. The SMILES string of the molecule is COc1cc(Br)c(Oc2ncc(C(=O)O)c(C)n2)cc1Br. The summed E-state index contributed by atoms with van der Waals surface area (Å²) in [5.41, 5.74) is 0.369. The summed E-state index contributed by atoms with van der Waals surface area (Å²) in [4.78, 5) is 18.8. The highest BCUT2D eigenvalue weighted by Gasteiger charge is 2.13. The van der Waals surface area contributed by atoms with Crippen molar-refractivity contribution in [2.45, 2.75) is 6.92 Å². The van der Waals surface area contributed by atoms with E-state index in [2.05, 4.69) is 41.8 Å². The molecule has 110 valence electrons. The second-order valence-electron chi connectivity index (χ2n) is 3.98. The molecule has 0 atom stereocenters. The van der Waals surface area contributed by atoms with Crippen LogP contribution < -0.4 is 9.47 Å². The molecule has 21 heavy (non-hydrogen) atoms. The maximum absolute atomic E-state index is 10.9. The summed E-state index contributed by atoms with van der Waals surface area (Å²) in [7, 11) is 1.56. The van der Waals surface area contributed by atoms with Gasteiger partial charge in [0.2, 0.25) is 0 Å². The minimum absolute atomic E-state index is 0.0392. The molecule has 1 aromatic carbocycles. The number of carbonyl (C=O) groups is 1. The van der Waals surface area contributed by atoms with Gasteiger partial charge in [-0.2, -0.15) is 4.98 Å². The van der Waals surface area contributed by atoms with Crippen molar-refractivity contribution in [3.8, 4) is 17.5 Å². The zero-order valence-corrected chi connectivity index (χ0v) is 14.2. The van der Waals surface area contributed by atoms with E-state index in [-0.39, 0.29) is 11.6 Å². The van der Waals surface area contributed by atoms with Gasteiger partial charge in [0.1, 0.15) is 11.5 Å². The van der Waals surface area contributed by atoms with Crippen molar-refractivity contribution < 1.29 is 19.4 Å². The molecule has 0 unspecified atom stereocenters. The molecule has 6 nitrogen and oxygen atoms in total. The van der Waals surface area contributed by atoms with E-state index in [0.29, 0.717) is 26.1 Å². The first-order valence-corrected chi connectivity index (χ1v) is 7.28. The van der Waals surface area contributed by atoms with Crippen LogP contribution in [-0.2, 0) is 0 Å². The number of carboxylic acids is 1. The molecule has 0 amide bonds. The number of halogens is 2. The molecule has 1 heterocycles. The number of methoxy groups -OCH3 is 1. The smallest absolute Gasteiger partial charge is 0.339 e. The van der Waals surface area contributed by atoms with Gasteiger partial charge in [-0.1, -0.05) is 0 Å². The van der Waals surface area contributed by atoms with Crippen LogP contribution >= 0.6 is 31.9 Å². The molecule has 0 aliphatic heterocycles. The first-order valence-electron chi connectivity index (χ1n) is 5.70. The predicted molar refractivity (Wildman–Crippen MR) is 82.2 cm³/mol. The highest BCUT2D eigenvalue weighted by atomic mass is 79.9. The van der Waals surface area contributed by atoms with Gasteiger partial charge < -0.3 is 14.6 Å². The molecule has 1 aromatic heterocycles. The third kappa shape index (κ3) is 3.51. The normalized spacial score (nSPS) is 10.3. The maximum atomic E-state index is 10.9. The average molecular weight is 418 g/mol. The summed E-state index contributed by atoms with van der Waals surface area (Å²) >= 11 is 6.72. The van der Waals surface area contributed by atoms with Crippen LogP contribution in [0.25, 0.3) is 0 Å². The topological polar surface area (TPSA) is 81.5 Å². The Bertz CT molecular complexity index is 707. The van der Waals surface area contributed by atoms with Crippen molar-refractivity contribution in [1.29, 1.82) is 0 Å². The number of aromatic carboxylic acids is 1. The summed E-state index contributed by atoms with van der Waals surface area (Å²) in [6.07, 6.45) is 1.21. The molecule has 0 radical (unpaired) electrons. The van der Waals surface area contributed by atoms with E-state index in [1.54, 1.807) is 26.2 Å². The Hall–Kier alpha value is -1.67. The fraction of sp³-hybridized carbons (Fsp3) is 0.154. The molecule has 8 heteroatoms. The summed E-state index contributed by atoms with van der Waals surface area (Å²) in [5, 5.41) is 8.94.